The molecule has 0 fully saturated rings. The van der Waals surface area contributed by atoms with Crippen LogP contribution in [0.15, 0.2) is 67.0 Å². The maximum Gasteiger partial charge on any atom is 0.485 e. The third-order valence-corrected chi connectivity index (χ3v) is 3.89. The van der Waals surface area contributed by atoms with Crippen LogP contribution in [0.3, 0.4) is 0 Å². The van der Waals surface area contributed by atoms with Crippen molar-refractivity contribution in [3.63, 3.8) is 0 Å². The van der Waals surface area contributed by atoms with E-state index in [0.717, 1.165) is 11.1 Å². The molecule has 8 heteroatoms. The minimum absolute atomic E-state index is 1.04. The number of rotatable bonds is 0. The molecule has 1 heterocycles. The summed E-state index contributed by atoms with van der Waals surface area (Å²) in [5, 5.41) is 2.41. The Morgan fingerprint density at radius 3 is 2.07 bits per heavy atom. The largest absolute Gasteiger partial charge is 0.741 e. The van der Waals surface area contributed by atoms with Crippen LogP contribution >= 0.6 is 0 Å². The van der Waals surface area contributed by atoms with Gasteiger partial charge in [-0.1, -0.05) is 48.2 Å². The molecule has 0 atom stereocenters. The van der Waals surface area contributed by atoms with Gasteiger partial charge in [0, 0.05) is 16.3 Å². The van der Waals surface area contributed by atoms with E-state index in [1.165, 1.54) is 10.8 Å². The van der Waals surface area contributed by atoms with Crippen molar-refractivity contribution in [1.82, 2.24) is 0 Å². The van der Waals surface area contributed by atoms with Crippen LogP contribution in [0.1, 0.15) is 11.1 Å². The SMILES string of the molecule is C[n+]1cc(C#Cc2ccccc2)c2ccccc2c1.O=S(=O)([O-])C(F)(F)F. The molecule has 0 spiro atoms. The number of hydrogen-bond acceptors (Lipinski definition) is 3. The summed E-state index contributed by atoms with van der Waals surface area (Å²) in [6.07, 6.45) is 4.18. The van der Waals surface area contributed by atoms with Gasteiger partial charge in [0.15, 0.2) is 22.5 Å². The van der Waals surface area contributed by atoms with Gasteiger partial charge in [-0.2, -0.15) is 13.2 Å². The molecule has 0 saturated carbocycles. The molecule has 0 N–H and O–H groups in total. The standard InChI is InChI=1S/C18H14N.CHF3O3S/c1-19-13-16-9-5-6-10-18(16)17(14-19)12-11-15-7-3-2-4-8-15;2-1(3,4)8(5,6)7/h2-10,13-14H,1H3;(H,5,6,7)/q+1;/p-1. The third kappa shape index (κ3) is 5.81. The number of aromatic nitrogens is 1. The molecule has 0 bridgehead atoms. The highest BCUT2D eigenvalue weighted by atomic mass is 32.2. The summed E-state index contributed by atoms with van der Waals surface area (Å²) in [6.45, 7) is 0. The summed E-state index contributed by atoms with van der Waals surface area (Å²) in [5.74, 6) is 6.49. The fourth-order valence-electron chi connectivity index (χ4n) is 2.15. The molecule has 3 rings (SSSR count). The maximum atomic E-state index is 10.7. The van der Waals surface area contributed by atoms with Gasteiger partial charge in [-0.15, -0.1) is 0 Å². The quantitative estimate of drug-likeness (QED) is 0.255. The fraction of sp³-hybridized carbons (Fsp3) is 0.105. The maximum absolute atomic E-state index is 10.7. The lowest BCUT2D eigenvalue weighted by atomic mass is 10.1. The topological polar surface area (TPSA) is 61.1 Å². The predicted molar refractivity (Wildman–Crippen MR) is 93.3 cm³/mol. The number of aryl methyl sites for hydroxylation is 1. The van der Waals surface area contributed by atoms with Gasteiger partial charge < -0.3 is 4.55 Å². The van der Waals surface area contributed by atoms with Crippen LogP contribution in [0.4, 0.5) is 13.2 Å². The van der Waals surface area contributed by atoms with Crippen LogP contribution in [0.2, 0.25) is 0 Å². The molecule has 0 radical (unpaired) electrons. The number of nitrogens with zero attached hydrogens (tertiary/aromatic N) is 1. The molecule has 0 amide bonds. The van der Waals surface area contributed by atoms with Crippen molar-refractivity contribution in [2.24, 2.45) is 7.05 Å². The zero-order valence-corrected chi connectivity index (χ0v) is 14.9. The summed E-state index contributed by atoms with van der Waals surface area (Å²) in [7, 11) is -4.06. The van der Waals surface area contributed by atoms with E-state index in [4.69, 9.17) is 13.0 Å². The number of halogens is 3. The van der Waals surface area contributed by atoms with E-state index in [2.05, 4.69) is 53.1 Å². The summed E-state index contributed by atoms with van der Waals surface area (Å²) in [5.41, 5.74) is -3.55. The number of benzene rings is 2. The number of fused-ring (bicyclic) bond motifs is 1. The Morgan fingerprint density at radius 2 is 1.48 bits per heavy atom. The lowest BCUT2D eigenvalue weighted by molar-refractivity contribution is -0.670. The smallest absolute Gasteiger partial charge is 0.485 e. The van der Waals surface area contributed by atoms with Crippen molar-refractivity contribution >= 4 is 20.9 Å². The normalized spacial score (nSPS) is 11.1. The number of hydrogen-bond donors (Lipinski definition) is 0. The Morgan fingerprint density at radius 1 is 0.926 bits per heavy atom. The minimum atomic E-state index is -6.09. The Bertz CT molecular complexity index is 1100. The Labute approximate surface area is 154 Å². The van der Waals surface area contributed by atoms with E-state index >= 15 is 0 Å². The van der Waals surface area contributed by atoms with Crippen molar-refractivity contribution in [1.29, 1.82) is 0 Å². The number of alkyl halides is 3. The molecule has 1 aromatic heterocycles. The summed E-state index contributed by atoms with van der Waals surface area (Å²) >= 11 is 0. The molecule has 0 aliphatic rings. The van der Waals surface area contributed by atoms with E-state index < -0.39 is 15.6 Å². The monoisotopic (exact) mass is 393 g/mol. The average molecular weight is 393 g/mol. The lowest BCUT2D eigenvalue weighted by Crippen LogP contribution is -2.27. The second-order valence-electron chi connectivity index (χ2n) is 5.44. The van der Waals surface area contributed by atoms with Gasteiger partial charge in [0.05, 0.1) is 5.56 Å². The second kappa shape index (κ2) is 8.20. The first kappa shape index (κ1) is 20.4. The Balaban J connectivity index is 0.000000279. The van der Waals surface area contributed by atoms with E-state index in [1.54, 1.807) is 0 Å². The second-order valence-corrected chi connectivity index (χ2v) is 6.81. The van der Waals surface area contributed by atoms with Crippen LogP contribution in [0.25, 0.3) is 10.8 Å². The average Bonchev–Trinajstić information content (AvgIpc) is 2.59. The van der Waals surface area contributed by atoms with Crippen molar-refractivity contribution in [2.45, 2.75) is 5.51 Å². The van der Waals surface area contributed by atoms with E-state index in [-0.39, 0.29) is 0 Å². The van der Waals surface area contributed by atoms with Crippen LogP contribution in [0.5, 0.6) is 0 Å². The molecule has 0 saturated heterocycles. The zero-order chi connectivity index (χ0) is 20.1. The first-order valence-corrected chi connectivity index (χ1v) is 8.96. The molecule has 27 heavy (non-hydrogen) atoms. The molecule has 3 aromatic rings. The highest BCUT2D eigenvalue weighted by Gasteiger charge is 2.36. The highest BCUT2D eigenvalue weighted by molar-refractivity contribution is 7.86. The van der Waals surface area contributed by atoms with Crippen molar-refractivity contribution < 1.29 is 30.7 Å². The van der Waals surface area contributed by atoms with Crippen molar-refractivity contribution in [2.75, 3.05) is 0 Å². The molecule has 2 aromatic carbocycles. The van der Waals surface area contributed by atoms with Crippen molar-refractivity contribution in [3.8, 4) is 11.8 Å². The lowest BCUT2D eigenvalue weighted by Gasteiger charge is -2.08. The van der Waals surface area contributed by atoms with E-state index in [0.29, 0.717) is 0 Å². The van der Waals surface area contributed by atoms with Gasteiger partial charge in [-0.05, 0) is 18.2 Å². The molecule has 0 aliphatic heterocycles. The van der Waals surface area contributed by atoms with E-state index in [9.17, 15) is 13.2 Å². The number of pyridine rings is 1. The molecule has 140 valence electrons. The van der Waals surface area contributed by atoms with Gasteiger partial charge in [-0.3, -0.25) is 0 Å². The fourth-order valence-corrected chi connectivity index (χ4v) is 2.15. The van der Waals surface area contributed by atoms with Gasteiger partial charge in [0.25, 0.3) is 0 Å². The van der Waals surface area contributed by atoms with Crippen molar-refractivity contribution in [3.05, 3.63) is 78.1 Å². The van der Waals surface area contributed by atoms with Gasteiger partial charge in [-0.25, -0.2) is 13.0 Å². The Hall–Kier alpha value is -2.89. The zero-order valence-electron chi connectivity index (χ0n) is 14.1. The molecule has 4 nitrogen and oxygen atoms in total. The van der Waals surface area contributed by atoms with Gasteiger partial charge in [0.1, 0.15) is 7.05 Å². The molecular weight excluding hydrogens is 379 g/mol. The van der Waals surface area contributed by atoms with Gasteiger partial charge in [0.2, 0.25) is 0 Å². The summed E-state index contributed by atoms with van der Waals surface area (Å²) < 4.78 is 61.0. The van der Waals surface area contributed by atoms with Crippen LogP contribution in [-0.2, 0) is 17.2 Å². The first-order chi connectivity index (χ1) is 12.6. The summed E-state index contributed by atoms with van der Waals surface area (Å²) in [4.78, 5) is 0. The molecule has 0 unspecified atom stereocenters. The van der Waals surface area contributed by atoms with E-state index in [1.807, 2.05) is 37.4 Å². The third-order valence-electron chi connectivity index (χ3n) is 3.33. The molecule has 0 aliphatic carbocycles. The minimum Gasteiger partial charge on any atom is -0.741 e. The summed E-state index contributed by atoms with van der Waals surface area (Å²) in [6, 6.07) is 18.4. The Kier molecular flexibility index (Phi) is 6.20. The van der Waals surface area contributed by atoms with Gasteiger partial charge >= 0.3 is 5.51 Å². The van der Waals surface area contributed by atoms with Crippen LogP contribution in [0, 0.1) is 11.8 Å². The van der Waals surface area contributed by atoms with Crippen LogP contribution < -0.4 is 4.57 Å². The predicted octanol–water partition coefficient (Wildman–Crippen LogP) is 3.12. The van der Waals surface area contributed by atoms with Crippen LogP contribution in [-0.4, -0.2) is 18.5 Å². The molecular formula is C19H14F3NO3S. The first-order valence-electron chi connectivity index (χ1n) is 7.55. The highest BCUT2D eigenvalue weighted by Crippen LogP contribution is 2.20.